The van der Waals surface area contributed by atoms with Crippen LogP contribution in [0.2, 0.25) is 0 Å². The summed E-state index contributed by atoms with van der Waals surface area (Å²) in [5.41, 5.74) is 2.90. The van der Waals surface area contributed by atoms with Gasteiger partial charge in [0, 0.05) is 24.8 Å². The molecule has 1 aliphatic rings. The molecule has 130 valence electrons. The van der Waals surface area contributed by atoms with Gasteiger partial charge in [0.2, 0.25) is 11.8 Å². The SMILES string of the molecule is CC(C)c1ccc(N2C[C@H](C(=O)NCc3ccccn3)CC2=O)cc1. The smallest absolute Gasteiger partial charge is 0.227 e. The highest BCUT2D eigenvalue weighted by Gasteiger charge is 2.35. The maximum Gasteiger partial charge on any atom is 0.227 e. The van der Waals surface area contributed by atoms with E-state index in [-0.39, 0.29) is 24.2 Å². The van der Waals surface area contributed by atoms with Crippen LogP contribution in [-0.4, -0.2) is 23.3 Å². The molecule has 1 fully saturated rings. The summed E-state index contributed by atoms with van der Waals surface area (Å²) >= 11 is 0. The van der Waals surface area contributed by atoms with E-state index in [0.717, 1.165) is 11.4 Å². The number of nitrogens with one attached hydrogen (secondary N) is 1. The number of carbonyl (C=O) groups excluding carboxylic acids is 2. The lowest BCUT2D eigenvalue weighted by Crippen LogP contribution is -2.32. The van der Waals surface area contributed by atoms with Crippen LogP contribution in [0.5, 0.6) is 0 Å². The Hall–Kier alpha value is -2.69. The van der Waals surface area contributed by atoms with Gasteiger partial charge in [-0.05, 0) is 35.7 Å². The maximum atomic E-state index is 12.4. The molecule has 25 heavy (non-hydrogen) atoms. The van der Waals surface area contributed by atoms with Crippen molar-refractivity contribution in [2.24, 2.45) is 5.92 Å². The maximum absolute atomic E-state index is 12.4. The molecular weight excluding hydrogens is 314 g/mol. The van der Waals surface area contributed by atoms with Crippen molar-refractivity contribution in [1.29, 1.82) is 0 Å². The van der Waals surface area contributed by atoms with Crippen LogP contribution in [0.15, 0.2) is 48.7 Å². The van der Waals surface area contributed by atoms with Gasteiger partial charge in [-0.3, -0.25) is 14.6 Å². The molecule has 0 unspecified atom stereocenters. The first-order valence-electron chi connectivity index (χ1n) is 8.62. The summed E-state index contributed by atoms with van der Waals surface area (Å²) in [7, 11) is 0. The molecular formula is C20H23N3O2. The number of amides is 2. The predicted octanol–water partition coefficient (Wildman–Crippen LogP) is 2.87. The molecule has 1 aromatic heterocycles. The van der Waals surface area contributed by atoms with E-state index in [1.807, 2.05) is 42.5 Å². The lowest BCUT2D eigenvalue weighted by atomic mass is 10.0. The van der Waals surface area contributed by atoms with Gasteiger partial charge in [-0.2, -0.15) is 0 Å². The topological polar surface area (TPSA) is 62.3 Å². The molecule has 3 rings (SSSR count). The van der Waals surface area contributed by atoms with Crippen LogP contribution in [0, 0.1) is 5.92 Å². The molecule has 0 bridgehead atoms. The number of benzene rings is 1. The Labute approximate surface area is 148 Å². The Kier molecular flexibility index (Phi) is 5.12. The van der Waals surface area contributed by atoms with Crippen LogP contribution in [0.1, 0.15) is 37.4 Å². The third-order valence-electron chi connectivity index (χ3n) is 4.54. The van der Waals surface area contributed by atoms with Crippen molar-refractivity contribution in [2.45, 2.75) is 32.7 Å². The van der Waals surface area contributed by atoms with E-state index in [0.29, 0.717) is 19.0 Å². The van der Waals surface area contributed by atoms with Crippen molar-refractivity contribution in [3.8, 4) is 0 Å². The van der Waals surface area contributed by atoms with Crippen molar-refractivity contribution in [3.05, 3.63) is 59.9 Å². The molecule has 2 aromatic rings. The molecule has 1 atom stereocenters. The number of hydrogen-bond donors (Lipinski definition) is 1. The summed E-state index contributed by atoms with van der Waals surface area (Å²) in [5.74, 6) is 0.0324. The fourth-order valence-corrected chi connectivity index (χ4v) is 3.00. The van der Waals surface area contributed by atoms with Crippen LogP contribution >= 0.6 is 0 Å². The average molecular weight is 337 g/mol. The molecule has 5 nitrogen and oxygen atoms in total. The normalized spacial score (nSPS) is 17.2. The lowest BCUT2D eigenvalue weighted by molar-refractivity contribution is -0.126. The van der Waals surface area contributed by atoms with Crippen molar-refractivity contribution in [1.82, 2.24) is 10.3 Å². The van der Waals surface area contributed by atoms with Crippen LogP contribution in [0.4, 0.5) is 5.69 Å². The van der Waals surface area contributed by atoms with Gasteiger partial charge in [-0.25, -0.2) is 0 Å². The van der Waals surface area contributed by atoms with Gasteiger partial charge in [0.15, 0.2) is 0 Å². The summed E-state index contributed by atoms with van der Waals surface area (Å²) in [6.07, 6.45) is 1.95. The number of rotatable bonds is 5. The van der Waals surface area contributed by atoms with Crippen LogP contribution < -0.4 is 10.2 Å². The molecule has 2 heterocycles. The second-order valence-electron chi connectivity index (χ2n) is 6.69. The third kappa shape index (κ3) is 4.05. The van der Waals surface area contributed by atoms with E-state index in [1.165, 1.54) is 5.56 Å². The summed E-state index contributed by atoms with van der Waals surface area (Å²) in [6.45, 7) is 5.08. The molecule has 0 radical (unpaired) electrons. The van der Waals surface area contributed by atoms with Crippen LogP contribution in [0.25, 0.3) is 0 Å². The van der Waals surface area contributed by atoms with E-state index in [1.54, 1.807) is 11.1 Å². The fourth-order valence-electron chi connectivity index (χ4n) is 3.00. The lowest BCUT2D eigenvalue weighted by Gasteiger charge is -2.17. The molecule has 2 amide bonds. The Morgan fingerprint density at radius 2 is 2.00 bits per heavy atom. The highest BCUT2D eigenvalue weighted by molar-refractivity contribution is 6.00. The Morgan fingerprint density at radius 3 is 2.64 bits per heavy atom. The van der Waals surface area contributed by atoms with Gasteiger partial charge in [0.25, 0.3) is 0 Å². The largest absolute Gasteiger partial charge is 0.350 e. The highest BCUT2D eigenvalue weighted by atomic mass is 16.2. The summed E-state index contributed by atoms with van der Waals surface area (Å²) in [5, 5.41) is 2.88. The molecule has 0 aliphatic carbocycles. The van der Waals surface area contributed by atoms with Gasteiger partial charge in [0.1, 0.15) is 0 Å². The number of hydrogen-bond acceptors (Lipinski definition) is 3. The molecule has 1 saturated heterocycles. The first-order valence-corrected chi connectivity index (χ1v) is 8.62. The molecule has 5 heteroatoms. The molecule has 0 saturated carbocycles. The fraction of sp³-hybridized carbons (Fsp3) is 0.350. The Balaban J connectivity index is 1.60. The van der Waals surface area contributed by atoms with E-state index in [2.05, 4.69) is 24.1 Å². The standard InChI is InChI=1S/C20H23N3O2/c1-14(2)15-6-8-18(9-7-15)23-13-16(11-19(23)24)20(25)22-12-17-5-3-4-10-21-17/h3-10,14,16H,11-13H2,1-2H3,(H,22,25)/t16-/m1/s1. The highest BCUT2D eigenvalue weighted by Crippen LogP contribution is 2.27. The van der Waals surface area contributed by atoms with Crippen LogP contribution in [-0.2, 0) is 16.1 Å². The van der Waals surface area contributed by atoms with E-state index >= 15 is 0 Å². The number of anilines is 1. The number of pyridine rings is 1. The number of aromatic nitrogens is 1. The minimum Gasteiger partial charge on any atom is -0.350 e. The van der Waals surface area contributed by atoms with E-state index in [9.17, 15) is 9.59 Å². The first kappa shape index (κ1) is 17.1. The first-order chi connectivity index (χ1) is 12.0. The second kappa shape index (κ2) is 7.47. The second-order valence-corrected chi connectivity index (χ2v) is 6.69. The van der Waals surface area contributed by atoms with E-state index < -0.39 is 0 Å². The van der Waals surface area contributed by atoms with Gasteiger partial charge >= 0.3 is 0 Å². The third-order valence-corrected chi connectivity index (χ3v) is 4.54. The van der Waals surface area contributed by atoms with Crippen molar-refractivity contribution in [3.63, 3.8) is 0 Å². The zero-order valence-corrected chi connectivity index (χ0v) is 14.6. The van der Waals surface area contributed by atoms with Crippen molar-refractivity contribution >= 4 is 17.5 Å². The van der Waals surface area contributed by atoms with Crippen LogP contribution in [0.3, 0.4) is 0 Å². The van der Waals surface area contributed by atoms with Crippen molar-refractivity contribution in [2.75, 3.05) is 11.4 Å². The summed E-state index contributed by atoms with van der Waals surface area (Å²) < 4.78 is 0. The summed E-state index contributed by atoms with van der Waals surface area (Å²) in [6, 6.07) is 13.6. The Morgan fingerprint density at radius 1 is 1.24 bits per heavy atom. The zero-order chi connectivity index (χ0) is 17.8. The molecule has 1 aliphatic heterocycles. The minimum absolute atomic E-state index is 0.00437. The van der Waals surface area contributed by atoms with Gasteiger partial charge in [0.05, 0.1) is 18.2 Å². The average Bonchev–Trinajstić information content (AvgIpc) is 3.02. The molecule has 1 N–H and O–H groups in total. The van der Waals surface area contributed by atoms with Gasteiger partial charge in [-0.1, -0.05) is 32.0 Å². The van der Waals surface area contributed by atoms with Crippen molar-refractivity contribution < 1.29 is 9.59 Å². The van der Waals surface area contributed by atoms with Gasteiger partial charge < -0.3 is 10.2 Å². The quantitative estimate of drug-likeness (QED) is 0.912. The molecule has 1 aromatic carbocycles. The zero-order valence-electron chi connectivity index (χ0n) is 14.6. The predicted molar refractivity (Wildman–Crippen MR) is 97.1 cm³/mol. The Bertz CT molecular complexity index is 741. The van der Waals surface area contributed by atoms with Gasteiger partial charge in [-0.15, -0.1) is 0 Å². The summed E-state index contributed by atoms with van der Waals surface area (Å²) in [4.78, 5) is 30.6. The minimum atomic E-state index is -0.319. The monoisotopic (exact) mass is 337 g/mol. The van der Waals surface area contributed by atoms with E-state index in [4.69, 9.17) is 0 Å². The number of nitrogens with zero attached hydrogens (tertiary/aromatic N) is 2. The molecule has 0 spiro atoms. The number of carbonyl (C=O) groups is 2.